The van der Waals surface area contributed by atoms with Crippen LogP contribution in [0.25, 0.3) is 0 Å². The summed E-state index contributed by atoms with van der Waals surface area (Å²) in [5, 5.41) is 0. The molecule has 1 aromatic carbocycles. The van der Waals surface area contributed by atoms with Crippen molar-refractivity contribution in [1.82, 2.24) is 4.98 Å². The number of rotatable bonds is 3. The van der Waals surface area contributed by atoms with Crippen molar-refractivity contribution in [3.05, 3.63) is 46.7 Å². The van der Waals surface area contributed by atoms with E-state index in [0.29, 0.717) is 0 Å². The number of benzene rings is 1. The van der Waals surface area contributed by atoms with Crippen molar-refractivity contribution in [2.75, 3.05) is 13.2 Å². The molecule has 104 valence electrons. The summed E-state index contributed by atoms with van der Waals surface area (Å²) in [6.45, 7) is 1.44. The molecule has 0 bridgehead atoms. The molecule has 0 amide bonds. The third kappa shape index (κ3) is 3.46. The fourth-order valence-electron chi connectivity index (χ4n) is 1.93. The SMILES string of the molecule is Brc1cncc(CSc2ccc3c(c2)OCCCO3)c1. The Morgan fingerprint density at radius 2 is 1.95 bits per heavy atom. The van der Waals surface area contributed by atoms with Gasteiger partial charge in [0.2, 0.25) is 0 Å². The van der Waals surface area contributed by atoms with Gasteiger partial charge in [0.05, 0.1) is 13.2 Å². The van der Waals surface area contributed by atoms with Crippen molar-refractivity contribution < 1.29 is 9.47 Å². The molecule has 20 heavy (non-hydrogen) atoms. The van der Waals surface area contributed by atoms with Crippen LogP contribution in [0, 0.1) is 0 Å². The van der Waals surface area contributed by atoms with Gasteiger partial charge in [-0.25, -0.2) is 0 Å². The van der Waals surface area contributed by atoms with Crippen LogP contribution in [0.3, 0.4) is 0 Å². The highest BCUT2D eigenvalue weighted by Gasteiger charge is 2.10. The van der Waals surface area contributed by atoms with Gasteiger partial charge in [0.1, 0.15) is 0 Å². The van der Waals surface area contributed by atoms with Crippen molar-refractivity contribution in [2.24, 2.45) is 0 Å². The molecule has 0 atom stereocenters. The molecule has 0 saturated heterocycles. The second-order valence-electron chi connectivity index (χ2n) is 4.46. The Morgan fingerprint density at radius 3 is 2.80 bits per heavy atom. The molecule has 0 radical (unpaired) electrons. The molecule has 3 nitrogen and oxygen atoms in total. The molecule has 1 aromatic heterocycles. The van der Waals surface area contributed by atoms with Gasteiger partial charge in [0.25, 0.3) is 0 Å². The van der Waals surface area contributed by atoms with Crippen molar-refractivity contribution in [3.8, 4) is 11.5 Å². The van der Waals surface area contributed by atoms with E-state index in [0.717, 1.165) is 41.4 Å². The van der Waals surface area contributed by atoms with Crippen LogP contribution in [0.5, 0.6) is 11.5 Å². The summed E-state index contributed by atoms with van der Waals surface area (Å²) in [5.41, 5.74) is 1.19. The second kappa shape index (κ2) is 6.50. The zero-order valence-electron chi connectivity index (χ0n) is 10.8. The lowest BCUT2D eigenvalue weighted by Crippen LogP contribution is -1.97. The van der Waals surface area contributed by atoms with Gasteiger partial charge >= 0.3 is 0 Å². The molecule has 0 unspecified atom stereocenters. The van der Waals surface area contributed by atoms with Crippen LogP contribution in [0.1, 0.15) is 12.0 Å². The summed E-state index contributed by atoms with van der Waals surface area (Å²) in [6, 6.07) is 8.20. The van der Waals surface area contributed by atoms with Gasteiger partial charge in [0, 0.05) is 33.9 Å². The van der Waals surface area contributed by atoms with E-state index in [1.807, 2.05) is 12.3 Å². The molecule has 2 aromatic rings. The van der Waals surface area contributed by atoms with Gasteiger partial charge in [-0.3, -0.25) is 4.98 Å². The normalized spacial score (nSPS) is 13.8. The highest BCUT2D eigenvalue weighted by atomic mass is 79.9. The van der Waals surface area contributed by atoms with Gasteiger partial charge in [-0.15, -0.1) is 11.8 Å². The first-order valence-corrected chi connectivity index (χ1v) is 8.21. The fraction of sp³-hybridized carbons (Fsp3) is 0.267. The predicted octanol–water partition coefficient (Wildman–Crippen LogP) is 4.30. The lowest BCUT2D eigenvalue weighted by atomic mass is 10.3. The van der Waals surface area contributed by atoms with Gasteiger partial charge in [-0.1, -0.05) is 0 Å². The predicted molar refractivity (Wildman–Crippen MR) is 83.5 cm³/mol. The fourth-order valence-corrected chi connectivity index (χ4v) is 3.19. The molecular weight excluding hydrogens is 338 g/mol. The van der Waals surface area contributed by atoms with E-state index in [2.05, 4.69) is 39.1 Å². The second-order valence-corrected chi connectivity index (χ2v) is 6.42. The van der Waals surface area contributed by atoms with E-state index in [4.69, 9.17) is 9.47 Å². The van der Waals surface area contributed by atoms with Crippen LogP contribution in [0.4, 0.5) is 0 Å². The molecule has 0 aliphatic carbocycles. The Balaban J connectivity index is 1.70. The first-order valence-electron chi connectivity index (χ1n) is 6.43. The first kappa shape index (κ1) is 13.8. The lowest BCUT2D eigenvalue weighted by Gasteiger charge is -2.09. The van der Waals surface area contributed by atoms with Gasteiger partial charge in [-0.2, -0.15) is 0 Å². The standard InChI is InChI=1S/C15H14BrNO2S/c16-12-6-11(8-17-9-12)10-20-13-2-3-14-15(7-13)19-5-1-4-18-14/h2-3,6-9H,1,4-5,10H2. The summed E-state index contributed by atoms with van der Waals surface area (Å²) in [5.74, 6) is 2.57. The first-order chi connectivity index (χ1) is 9.81. The molecule has 0 fully saturated rings. The van der Waals surface area contributed by atoms with E-state index in [1.165, 1.54) is 10.5 Å². The van der Waals surface area contributed by atoms with Crippen molar-refractivity contribution >= 4 is 27.7 Å². The highest BCUT2D eigenvalue weighted by molar-refractivity contribution is 9.10. The van der Waals surface area contributed by atoms with E-state index in [-0.39, 0.29) is 0 Å². The van der Waals surface area contributed by atoms with Crippen LogP contribution >= 0.6 is 27.7 Å². The minimum atomic E-state index is 0.719. The molecule has 0 spiro atoms. The number of nitrogens with zero attached hydrogens (tertiary/aromatic N) is 1. The third-order valence-electron chi connectivity index (χ3n) is 2.89. The zero-order valence-corrected chi connectivity index (χ0v) is 13.2. The maximum atomic E-state index is 5.70. The third-order valence-corrected chi connectivity index (χ3v) is 4.38. The quantitative estimate of drug-likeness (QED) is 0.771. The summed E-state index contributed by atoms with van der Waals surface area (Å²) in [7, 11) is 0. The molecule has 3 rings (SSSR count). The summed E-state index contributed by atoms with van der Waals surface area (Å²) < 4.78 is 12.3. The van der Waals surface area contributed by atoms with Gasteiger partial charge in [0.15, 0.2) is 11.5 Å². The van der Waals surface area contributed by atoms with E-state index in [1.54, 1.807) is 18.0 Å². The number of fused-ring (bicyclic) bond motifs is 1. The van der Waals surface area contributed by atoms with Gasteiger partial charge < -0.3 is 9.47 Å². The minimum absolute atomic E-state index is 0.719. The molecule has 0 saturated carbocycles. The van der Waals surface area contributed by atoms with Crippen LogP contribution < -0.4 is 9.47 Å². The van der Waals surface area contributed by atoms with Crippen molar-refractivity contribution in [2.45, 2.75) is 17.1 Å². The monoisotopic (exact) mass is 351 g/mol. The molecular formula is C15H14BrNO2S. The lowest BCUT2D eigenvalue weighted by molar-refractivity contribution is 0.297. The van der Waals surface area contributed by atoms with E-state index < -0.39 is 0 Å². The Bertz CT molecular complexity index is 606. The number of halogens is 1. The van der Waals surface area contributed by atoms with E-state index in [9.17, 15) is 0 Å². The zero-order chi connectivity index (χ0) is 13.8. The van der Waals surface area contributed by atoms with Crippen molar-refractivity contribution in [1.29, 1.82) is 0 Å². The molecule has 0 N–H and O–H groups in total. The Morgan fingerprint density at radius 1 is 1.10 bits per heavy atom. The van der Waals surface area contributed by atoms with E-state index >= 15 is 0 Å². The largest absolute Gasteiger partial charge is 0.490 e. The molecule has 5 heteroatoms. The number of thioether (sulfide) groups is 1. The minimum Gasteiger partial charge on any atom is -0.490 e. The maximum Gasteiger partial charge on any atom is 0.162 e. The van der Waals surface area contributed by atoms with Gasteiger partial charge in [-0.05, 0) is 45.8 Å². The van der Waals surface area contributed by atoms with Crippen LogP contribution in [-0.2, 0) is 5.75 Å². The van der Waals surface area contributed by atoms with Crippen LogP contribution in [-0.4, -0.2) is 18.2 Å². The molecule has 1 aliphatic heterocycles. The average Bonchev–Trinajstić information content (AvgIpc) is 2.70. The maximum absolute atomic E-state index is 5.70. The molecule has 1 aliphatic rings. The number of hydrogen-bond acceptors (Lipinski definition) is 4. The number of aromatic nitrogens is 1. The Labute approximate surface area is 130 Å². The summed E-state index contributed by atoms with van der Waals surface area (Å²) >= 11 is 5.20. The van der Waals surface area contributed by atoms with Crippen molar-refractivity contribution in [3.63, 3.8) is 0 Å². The van der Waals surface area contributed by atoms with Crippen LogP contribution in [0.2, 0.25) is 0 Å². The number of hydrogen-bond donors (Lipinski definition) is 0. The molecule has 2 heterocycles. The summed E-state index contributed by atoms with van der Waals surface area (Å²) in [6.07, 6.45) is 4.61. The Kier molecular flexibility index (Phi) is 4.47. The topological polar surface area (TPSA) is 31.4 Å². The smallest absolute Gasteiger partial charge is 0.162 e. The number of ether oxygens (including phenoxy) is 2. The average molecular weight is 352 g/mol. The number of pyridine rings is 1. The highest BCUT2D eigenvalue weighted by Crippen LogP contribution is 2.34. The Hall–Kier alpha value is -1.20. The van der Waals surface area contributed by atoms with Crippen LogP contribution in [0.15, 0.2) is 46.0 Å². The summed E-state index contributed by atoms with van der Waals surface area (Å²) in [4.78, 5) is 5.35.